The SMILES string of the molecule is [N-]=[N+]=NC(CO)COc1ccccc1. The maximum absolute atomic E-state index is 8.79. The summed E-state index contributed by atoms with van der Waals surface area (Å²) in [6, 6.07) is 8.63. The summed E-state index contributed by atoms with van der Waals surface area (Å²) >= 11 is 0. The first-order chi connectivity index (χ1) is 6.86. The second-order valence-electron chi connectivity index (χ2n) is 2.67. The molecule has 0 saturated carbocycles. The fourth-order valence-electron chi connectivity index (χ4n) is 0.905. The van der Waals surface area contributed by atoms with E-state index in [9.17, 15) is 0 Å². The second-order valence-corrected chi connectivity index (χ2v) is 2.67. The van der Waals surface area contributed by atoms with Gasteiger partial charge in [-0.2, -0.15) is 0 Å². The van der Waals surface area contributed by atoms with E-state index in [0.717, 1.165) is 0 Å². The number of ether oxygens (including phenoxy) is 1. The van der Waals surface area contributed by atoms with Crippen LogP contribution < -0.4 is 4.74 Å². The van der Waals surface area contributed by atoms with Gasteiger partial charge in [0.05, 0.1) is 19.3 Å². The normalized spacial score (nSPS) is 11.5. The first-order valence-corrected chi connectivity index (χ1v) is 4.19. The highest BCUT2D eigenvalue weighted by molar-refractivity contribution is 5.20. The van der Waals surface area contributed by atoms with Gasteiger partial charge in [0.1, 0.15) is 5.75 Å². The number of nitrogens with zero attached hydrogens (tertiary/aromatic N) is 3. The van der Waals surface area contributed by atoms with Crippen molar-refractivity contribution < 1.29 is 9.84 Å². The highest BCUT2D eigenvalue weighted by Gasteiger charge is 2.04. The molecule has 1 aromatic rings. The third kappa shape index (κ3) is 3.35. The lowest BCUT2D eigenvalue weighted by atomic mass is 10.3. The van der Waals surface area contributed by atoms with Crippen LogP contribution in [0.2, 0.25) is 0 Å². The average molecular weight is 193 g/mol. The van der Waals surface area contributed by atoms with Gasteiger partial charge in [-0.3, -0.25) is 0 Å². The van der Waals surface area contributed by atoms with Crippen LogP contribution in [-0.2, 0) is 0 Å². The summed E-state index contributed by atoms with van der Waals surface area (Å²) < 4.78 is 5.29. The Morgan fingerprint density at radius 2 is 2.14 bits per heavy atom. The van der Waals surface area contributed by atoms with Crippen molar-refractivity contribution in [1.82, 2.24) is 0 Å². The number of hydrogen-bond acceptors (Lipinski definition) is 3. The molecule has 0 saturated heterocycles. The van der Waals surface area contributed by atoms with Gasteiger partial charge in [0.15, 0.2) is 0 Å². The molecule has 0 fully saturated rings. The number of aliphatic hydroxyl groups excluding tert-OH is 1. The highest BCUT2D eigenvalue weighted by atomic mass is 16.5. The molecule has 0 heterocycles. The predicted molar refractivity (Wildman–Crippen MR) is 52.0 cm³/mol. The van der Waals surface area contributed by atoms with E-state index in [1.165, 1.54) is 0 Å². The van der Waals surface area contributed by atoms with E-state index in [-0.39, 0.29) is 13.2 Å². The fourth-order valence-corrected chi connectivity index (χ4v) is 0.905. The van der Waals surface area contributed by atoms with Crippen LogP contribution in [0.15, 0.2) is 35.4 Å². The smallest absolute Gasteiger partial charge is 0.119 e. The van der Waals surface area contributed by atoms with Crippen LogP contribution >= 0.6 is 0 Å². The largest absolute Gasteiger partial charge is 0.493 e. The lowest BCUT2D eigenvalue weighted by Crippen LogP contribution is -2.19. The molecule has 1 aromatic carbocycles. The van der Waals surface area contributed by atoms with Gasteiger partial charge in [0, 0.05) is 4.91 Å². The van der Waals surface area contributed by atoms with Gasteiger partial charge >= 0.3 is 0 Å². The molecule has 14 heavy (non-hydrogen) atoms. The zero-order valence-corrected chi connectivity index (χ0v) is 7.58. The van der Waals surface area contributed by atoms with Gasteiger partial charge in [0.25, 0.3) is 0 Å². The molecular weight excluding hydrogens is 182 g/mol. The van der Waals surface area contributed by atoms with Crippen molar-refractivity contribution in [2.75, 3.05) is 13.2 Å². The van der Waals surface area contributed by atoms with Crippen LogP contribution in [0.4, 0.5) is 0 Å². The lowest BCUT2D eigenvalue weighted by molar-refractivity contribution is 0.206. The standard InChI is InChI=1S/C9H11N3O2/c10-12-11-8(6-13)7-14-9-4-2-1-3-5-9/h1-5,8,13H,6-7H2. The molecule has 1 rings (SSSR count). The third-order valence-corrected chi connectivity index (χ3v) is 1.61. The number of azide groups is 1. The van der Waals surface area contributed by atoms with Crippen LogP contribution in [0.25, 0.3) is 10.4 Å². The van der Waals surface area contributed by atoms with Gasteiger partial charge in [-0.25, -0.2) is 0 Å². The summed E-state index contributed by atoms with van der Waals surface area (Å²) in [6.45, 7) is -0.0263. The minimum Gasteiger partial charge on any atom is -0.493 e. The number of benzene rings is 1. The van der Waals surface area contributed by atoms with Crippen molar-refractivity contribution in [1.29, 1.82) is 0 Å². The Kier molecular flexibility index (Phi) is 4.34. The van der Waals surface area contributed by atoms with Crippen LogP contribution in [0.3, 0.4) is 0 Å². The summed E-state index contributed by atoms with van der Waals surface area (Å²) in [7, 11) is 0. The third-order valence-electron chi connectivity index (χ3n) is 1.61. The quantitative estimate of drug-likeness (QED) is 0.439. The van der Waals surface area contributed by atoms with Crippen molar-refractivity contribution in [3.63, 3.8) is 0 Å². The molecule has 5 nitrogen and oxygen atoms in total. The Hall–Kier alpha value is -1.71. The maximum atomic E-state index is 8.79. The van der Waals surface area contributed by atoms with E-state index in [2.05, 4.69) is 10.0 Å². The molecule has 0 aliphatic rings. The molecule has 0 amide bonds. The van der Waals surface area contributed by atoms with E-state index in [1.807, 2.05) is 18.2 Å². The first-order valence-electron chi connectivity index (χ1n) is 4.19. The molecule has 0 bridgehead atoms. The Labute approximate surface area is 81.6 Å². The monoisotopic (exact) mass is 193 g/mol. The molecule has 1 atom stereocenters. The van der Waals surface area contributed by atoms with Gasteiger partial charge in [0.2, 0.25) is 0 Å². The van der Waals surface area contributed by atoms with Crippen LogP contribution in [0.1, 0.15) is 0 Å². The zero-order chi connectivity index (χ0) is 10.2. The lowest BCUT2D eigenvalue weighted by Gasteiger charge is -2.09. The molecule has 0 aliphatic heterocycles. The molecule has 0 radical (unpaired) electrons. The second kappa shape index (κ2) is 5.85. The van der Waals surface area contributed by atoms with Crippen LogP contribution in [0, 0.1) is 0 Å². The fraction of sp³-hybridized carbons (Fsp3) is 0.333. The first kappa shape index (κ1) is 10.4. The van der Waals surface area contributed by atoms with E-state index in [1.54, 1.807) is 12.1 Å². The van der Waals surface area contributed by atoms with Gasteiger partial charge in [-0.05, 0) is 17.7 Å². The van der Waals surface area contributed by atoms with Gasteiger partial charge in [-0.1, -0.05) is 23.3 Å². The molecule has 1 unspecified atom stereocenters. The number of hydrogen-bond donors (Lipinski definition) is 1. The minimum atomic E-state index is -0.528. The van der Waals surface area contributed by atoms with Crippen molar-refractivity contribution in [3.8, 4) is 5.75 Å². The molecule has 0 aromatic heterocycles. The summed E-state index contributed by atoms with van der Waals surface area (Å²) in [4.78, 5) is 2.60. The van der Waals surface area contributed by atoms with Gasteiger partial charge in [-0.15, -0.1) is 0 Å². The maximum Gasteiger partial charge on any atom is 0.119 e. The predicted octanol–water partition coefficient (Wildman–Crippen LogP) is 1.74. The number of para-hydroxylation sites is 1. The summed E-state index contributed by atoms with van der Waals surface area (Å²) in [5.41, 5.74) is 8.16. The van der Waals surface area contributed by atoms with E-state index < -0.39 is 6.04 Å². The highest BCUT2D eigenvalue weighted by Crippen LogP contribution is 2.08. The van der Waals surface area contributed by atoms with Crippen LogP contribution in [-0.4, -0.2) is 24.4 Å². The zero-order valence-electron chi connectivity index (χ0n) is 7.58. The molecule has 74 valence electrons. The minimum absolute atomic E-state index is 0.185. The topological polar surface area (TPSA) is 78.2 Å². The Morgan fingerprint density at radius 1 is 1.43 bits per heavy atom. The molecular formula is C9H11N3O2. The summed E-state index contributed by atoms with van der Waals surface area (Å²) in [5, 5.41) is 12.2. The summed E-state index contributed by atoms with van der Waals surface area (Å²) in [5.74, 6) is 0.694. The number of rotatable bonds is 5. The molecule has 1 N–H and O–H groups in total. The average Bonchev–Trinajstić information content (AvgIpc) is 2.25. The molecule has 0 aliphatic carbocycles. The van der Waals surface area contributed by atoms with E-state index in [4.69, 9.17) is 15.4 Å². The van der Waals surface area contributed by atoms with Crippen molar-refractivity contribution in [2.45, 2.75) is 6.04 Å². The van der Waals surface area contributed by atoms with Crippen molar-refractivity contribution in [3.05, 3.63) is 40.8 Å². The molecule has 0 spiro atoms. The van der Waals surface area contributed by atoms with E-state index in [0.29, 0.717) is 5.75 Å². The summed E-state index contributed by atoms with van der Waals surface area (Å²) in [6.07, 6.45) is 0. The Morgan fingerprint density at radius 3 is 2.71 bits per heavy atom. The Bertz CT molecular complexity index is 309. The van der Waals surface area contributed by atoms with Crippen molar-refractivity contribution >= 4 is 0 Å². The van der Waals surface area contributed by atoms with Crippen LogP contribution in [0.5, 0.6) is 5.75 Å². The van der Waals surface area contributed by atoms with Crippen molar-refractivity contribution in [2.24, 2.45) is 5.11 Å². The van der Waals surface area contributed by atoms with Gasteiger partial charge < -0.3 is 9.84 Å². The van der Waals surface area contributed by atoms with E-state index >= 15 is 0 Å². The number of aliphatic hydroxyl groups is 1. The molecule has 5 heteroatoms. The Balaban J connectivity index is 2.43.